The molecule has 0 radical (unpaired) electrons. The van der Waals surface area contributed by atoms with Gasteiger partial charge >= 0.3 is 0 Å². The van der Waals surface area contributed by atoms with E-state index in [1.807, 2.05) is 11.8 Å². The van der Waals surface area contributed by atoms with E-state index < -0.39 is 0 Å². The summed E-state index contributed by atoms with van der Waals surface area (Å²) in [6.45, 7) is 2.07. The average Bonchev–Trinajstić information content (AvgIpc) is 2.07. The first kappa shape index (κ1) is 9.32. The van der Waals surface area contributed by atoms with Gasteiger partial charge < -0.3 is 15.2 Å². The minimum absolute atomic E-state index is 0.389. The van der Waals surface area contributed by atoms with Crippen LogP contribution in [0.15, 0.2) is 0 Å². The molecule has 0 aromatic heterocycles. The minimum atomic E-state index is 0.389. The van der Waals surface area contributed by atoms with Crippen molar-refractivity contribution in [3.05, 3.63) is 0 Å². The fourth-order valence-corrected chi connectivity index (χ4v) is 1.79. The van der Waals surface area contributed by atoms with Crippen LogP contribution >= 0.6 is 11.8 Å². The van der Waals surface area contributed by atoms with E-state index in [1.165, 1.54) is 0 Å². The summed E-state index contributed by atoms with van der Waals surface area (Å²) >= 11 is 1.85. The second-order valence-corrected chi connectivity index (χ2v) is 3.62. The van der Waals surface area contributed by atoms with Crippen LogP contribution in [0.3, 0.4) is 0 Å². The van der Waals surface area contributed by atoms with Crippen LogP contribution < -0.4 is 5.73 Å². The predicted octanol–water partition coefficient (Wildman–Crippen LogP) is 0.441. The normalized spacial score (nSPS) is 25.4. The molecule has 0 spiro atoms. The van der Waals surface area contributed by atoms with E-state index in [9.17, 15) is 0 Å². The highest BCUT2D eigenvalue weighted by Crippen LogP contribution is 2.11. The lowest BCUT2D eigenvalue weighted by Gasteiger charge is -2.22. The van der Waals surface area contributed by atoms with Crippen LogP contribution in [0, 0.1) is 0 Å². The third-order valence-electron chi connectivity index (χ3n) is 1.54. The molecule has 1 saturated heterocycles. The molecular weight excluding hydrogens is 162 g/mol. The van der Waals surface area contributed by atoms with Crippen LogP contribution in [0.1, 0.15) is 6.42 Å². The zero-order valence-corrected chi connectivity index (χ0v) is 7.44. The minimum Gasteiger partial charge on any atom is -0.355 e. The Morgan fingerprint density at radius 2 is 2.45 bits per heavy atom. The molecule has 2 N–H and O–H groups in total. The molecule has 1 aliphatic heterocycles. The van der Waals surface area contributed by atoms with Gasteiger partial charge in [0.05, 0.1) is 12.7 Å². The Hall–Kier alpha value is 0.230. The van der Waals surface area contributed by atoms with Crippen LogP contribution in [-0.2, 0) is 9.47 Å². The maximum atomic E-state index is 5.36. The van der Waals surface area contributed by atoms with Gasteiger partial charge in [0.1, 0.15) is 6.79 Å². The van der Waals surface area contributed by atoms with Crippen molar-refractivity contribution < 1.29 is 9.47 Å². The fraction of sp³-hybridized carbons (Fsp3) is 1.00. The quantitative estimate of drug-likeness (QED) is 0.633. The Kier molecular flexibility index (Phi) is 4.94. The number of rotatable bonds is 4. The number of hydrogen-bond donors (Lipinski definition) is 1. The standard InChI is InChI=1S/C7H15NO2S/c8-2-4-11-5-7-1-3-9-6-10-7/h7H,1-6,8H2. The second kappa shape index (κ2) is 5.83. The summed E-state index contributed by atoms with van der Waals surface area (Å²) in [5, 5.41) is 0. The summed E-state index contributed by atoms with van der Waals surface area (Å²) in [5.74, 6) is 2.08. The van der Waals surface area contributed by atoms with Gasteiger partial charge in [0.15, 0.2) is 0 Å². The number of thioether (sulfide) groups is 1. The van der Waals surface area contributed by atoms with E-state index in [0.717, 1.165) is 31.1 Å². The molecule has 1 fully saturated rings. The molecule has 1 atom stereocenters. The van der Waals surface area contributed by atoms with Crippen LogP contribution in [-0.4, -0.2) is 37.6 Å². The average molecular weight is 177 g/mol. The SMILES string of the molecule is NCCSCC1CCOCO1. The van der Waals surface area contributed by atoms with Crippen molar-refractivity contribution >= 4 is 11.8 Å². The lowest BCUT2D eigenvalue weighted by molar-refractivity contribution is -0.130. The lowest BCUT2D eigenvalue weighted by Crippen LogP contribution is -2.26. The van der Waals surface area contributed by atoms with E-state index in [-0.39, 0.29) is 0 Å². The molecule has 66 valence electrons. The van der Waals surface area contributed by atoms with Gasteiger partial charge in [0.25, 0.3) is 0 Å². The molecule has 11 heavy (non-hydrogen) atoms. The molecule has 1 rings (SSSR count). The Morgan fingerprint density at radius 3 is 3.09 bits per heavy atom. The molecule has 0 bridgehead atoms. The smallest absolute Gasteiger partial charge is 0.147 e. The van der Waals surface area contributed by atoms with Crippen LogP contribution in [0.25, 0.3) is 0 Å². The maximum Gasteiger partial charge on any atom is 0.147 e. The molecule has 4 heteroatoms. The zero-order valence-electron chi connectivity index (χ0n) is 6.62. The van der Waals surface area contributed by atoms with Crippen molar-refractivity contribution in [2.75, 3.05) is 31.5 Å². The molecule has 0 aromatic carbocycles. The van der Waals surface area contributed by atoms with Gasteiger partial charge in [-0.3, -0.25) is 0 Å². The van der Waals surface area contributed by atoms with Gasteiger partial charge in [-0.15, -0.1) is 0 Å². The van der Waals surface area contributed by atoms with Crippen LogP contribution in [0.2, 0.25) is 0 Å². The summed E-state index contributed by atoms with van der Waals surface area (Å²) in [4.78, 5) is 0. The molecule has 0 aromatic rings. The predicted molar refractivity (Wildman–Crippen MR) is 46.7 cm³/mol. The summed E-state index contributed by atoms with van der Waals surface area (Å²) in [6, 6.07) is 0. The van der Waals surface area contributed by atoms with E-state index in [1.54, 1.807) is 0 Å². The van der Waals surface area contributed by atoms with Gasteiger partial charge in [0.2, 0.25) is 0 Å². The van der Waals surface area contributed by atoms with Crippen molar-refractivity contribution in [1.29, 1.82) is 0 Å². The van der Waals surface area contributed by atoms with Gasteiger partial charge in [-0.1, -0.05) is 0 Å². The van der Waals surface area contributed by atoms with Gasteiger partial charge in [-0.05, 0) is 6.42 Å². The van der Waals surface area contributed by atoms with Crippen LogP contribution in [0.4, 0.5) is 0 Å². The van der Waals surface area contributed by atoms with Gasteiger partial charge in [-0.2, -0.15) is 11.8 Å². The number of nitrogens with two attached hydrogens (primary N) is 1. The summed E-state index contributed by atoms with van der Waals surface area (Å²) in [5.41, 5.74) is 5.36. The third kappa shape index (κ3) is 3.96. The number of hydrogen-bond acceptors (Lipinski definition) is 4. The lowest BCUT2D eigenvalue weighted by atomic mass is 10.3. The molecular formula is C7H15NO2S. The first-order valence-electron chi connectivity index (χ1n) is 3.90. The van der Waals surface area contributed by atoms with E-state index in [0.29, 0.717) is 12.9 Å². The zero-order chi connectivity index (χ0) is 7.94. The van der Waals surface area contributed by atoms with Gasteiger partial charge in [-0.25, -0.2) is 0 Å². The Bertz CT molecular complexity index is 96.4. The topological polar surface area (TPSA) is 44.5 Å². The molecule has 0 aliphatic carbocycles. The highest BCUT2D eigenvalue weighted by molar-refractivity contribution is 7.99. The Labute approximate surface area is 71.6 Å². The monoisotopic (exact) mass is 177 g/mol. The maximum absolute atomic E-state index is 5.36. The van der Waals surface area contributed by atoms with E-state index in [2.05, 4.69) is 0 Å². The Morgan fingerprint density at radius 1 is 1.55 bits per heavy atom. The largest absolute Gasteiger partial charge is 0.355 e. The van der Waals surface area contributed by atoms with Crippen molar-refractivity contribution in [2.24, 2.45) is 5.73 Å². The van der Waals surface area contributed by atoms with E-state index >= 15 is 0 Å². The van der Waals surface area contributed by atoms with E-state index in [4.69, 9.17) is 15.2 Å². The van der Waals surface area contributed by atoms with Crippen molar-refractivity contribution in [3.63, 3.8) is 0 Å². The van der Waals surface area contributed by atoms with Gasteiger partial charge in [0, 0.05) is 18.1 Å². The molecule has 1 aliphatic rings. The summed E-state index contributed by atoms with van der Waals surface area (Å²) in [7, 11) is 0. The molecule has 0 saturated carbocycles. The Balaban J connectivity index is 1.96. The first-order chi connectivity index (χ1) is 5.43. The fourth-order valence-electron chi connectivity index (χ4n) is 0.931. The highest BCUT2D eigenvalue weighted by atomic mass is 32.2. The second-order valence-electron chi connectivity index (χ2n) is 2.47. The van der Waals surface area contributed by atoms with Crippen LogP contribution in [0.5, 0.6) is 0 Å². The summed E-state index contributed by atoms with van der Waals surface area (Å²) in [6.07, 6.45) is 1.41. The first-order valence-corrected chi connectivity index (χ1v) is 5.06. The third-order valence-corrected chi connectivity index (χ3v) is 2.67. The van der Waals surface area contributed by atoms with Crippen molar-refractivity contribution in [1.82, 2.24) is 0 Å². The molecule has 3 nitrogen and oxygen atoms in total. The highest BCUT2D eigenvalue weighted by Gasteiger charge is 2.12. The number of ether oxygens (including phenoxy) is 2. The molecule has 1 unspecified atom stereocenters. The molecule has 0 amide bonds. The summed E-state index contributed by atoms with van der Waals surface area (Å²) < 4.78 is 10.4. The van der Waals surface area contributed by atoms with Crippen molar-refractivity contribution in [3.8, 4) is 0 Å². The van der Waals surface area contributed by atoms with Crippen molar-refractivity contribution in [2.45, 2.75) is 12.5 Å². The molecule has 1 heterocycles.